The highest BCUT2D eigenvalue weighted by Gasteiger charge is 2.24. The van der Waals surface area contributed by atoms with E-state index in [1.807, 2.05) is 13.0 Å². The van der Waals surface area contributed by atoms with Crippen molar-refractivity contribution in [3.05, 3.63) is 17.5 Å². The van der Waals surface area contributed by atoms with Crippen LogP contribution in [0.4, 0.5) is 5.95 Å². The topological polar surface area (TPSA) is 55.0 Å². The molecule has 4 nitrogen and oxygen atoms in total. The minimum Gasteiger partial charge on any atom is -0.388 e. The summed E-state index contributed by atoms with van der Waals surface area (Å²) in [5.41, 5.74) is 7.23. The van der Waals surface area contributed by atoms with Gasteiger partial charge in [-0.3, -0.25) is 0 Å². The summed E-state index contributed by atoms with van der Waals surface area (Å²) in [6.07, 6.45) is 1.18. The second kappa shape index (κ2) is 5.18. The molecule has 0 aromatic carbocycles. The number of aromatic nitrogens is 2. The Morgan fingerprint density at radius 1 is 1.39 bits per heavy atom. The summed E-state index contributed by atoms with van der Waals surface area (Å²) in [4.78, 5) is 11.5. The van der Waals surface area contributed by atoms with E-state index in [-0.39, 0.29) is 0 Å². The zero-order valence-electron chi connectivity index (χ0n) is 11.2. The molecule has 0 saturated carbocycles. The first kappa shape index (κ1) is 13.2. The van der Waals surface area contributed by atoms with Crippen molar-refractivity contribution in [2.24, 2.45) is 17.6 Å². The Kier molecular flexibility index (Phi) is 3.80. The van der Waals surface area contributed by atoms with Gasteiger partial charge in [0.25, 0.3) is 0 Å². The lowest BCUT2D eigenvalue weighted by atomic mass is 9.89. The molecule has 0 radical (unpaired) electrons. The fourth-order valence-corrected chi connectivity index (χ4v) is 2.37. The Labute approximate surface area is 114 Å². The Morgan fingerprint density at radius 3 is 2.72 bits per heavy atom. The summed E-state index contributed by atoms with van der Waals surface area (Å²) in [6.45, 7) is 8.54. The summed E-state index contributed by atoms with van der Waals surface area (Å²) in [5, 5.41) is 0. The third-order valence-electron chi connectivity index (χ3n) is 3.71. The Morgan fingerprint density at radius 2 is 2.11 bits per heavy atom. The van der Waals surface area contributed by atoms with E-state index in [1.54, 1.807) is 0 Å². The normalized spacial score (nSPS) is 24.1. The molecule has 0 bridgehead atoms. The van der Waals surface area contributed by atoms with E-state index in [1.165, 1.54) is 6.42 Å². The SMILES string of the molecule is Cc1cc(C(N)=S)nc(N2CCC(C)C(C)C2)n1. The van der Waals surface area contributed by atoms with Crippen LogP contribution < -0.4 is 10.6 Å². The van der Waals surface area contributed by atoms with Gasteiger partial charge < -0.3 is 10.6 Å². The van der Waals surface area contributed by atoms with E-state index in [0.717, 1.165) is 30.6 Å². The van der Waals surface area contributed by atoms with Crippen molar-refractivity contribution in [2.75, 3.05) is 18.0 Å². The predicted molar refractivity (Wildman–Crippen MR) is 77.8 cm³/mol. The maximum absolute atomic E-state index is 5.65. The van der Waals surface area contributed by atoms with Gasteiger partial charge in [0, 0.05) is 18.8 Å². The van der Waals surface area contributed by atoms with Gasteiger partial charge in [-0.1, -0.05) is 26.1 Å². The van der Waals surface area contributed by atoms with Crippen LogP contribution in [-0.2, 0) is 0 Å². The minimum absolute atomic E-state index is 0.333. The molecular weight excluding hydrogens is 244 g/mol. The van der Waals surface area contributed by atoms with Crippen LogP contribution in [0.2, 0.25) is 0 Å². The van der Waals surface area contributed by atoms with Crippen LogP contribution in [0.25, 0.3) is 0 Å². The molecule has 0 spiro atoms. The lowest BCUT2D eigenvalue weighted by Gasteiger charge is -2.35. The van der Waals surface area contributed by atoms with Crippen molar-refractivity contribution in [1.82, 2.24) is 9.97 Å². The first-order valence-corrected chi connectivity index (χ1v) is 6.78. The van der Waals surface area contributed by atoms with E-state index >= 15 is 0 Å². The molecule has 0 amide bonds. The van der Waals surface area contributed by atoms with Gasteiger partial charge in [0.05, 0.1) is 0 Å². The Balaban J connectivity index is 2.25. The number of hydrogen-bond donors (Lipinski definition) is 1. The second-order valence-electron chi connectivity index (χ2n) is 5.25. The van der Waals surface area contributed by atoms with E-state index < -0.39 is 0 Å². The molecule has 2 unspecified atom stereocenters. The zero-order chi connectivity index (χ0) is 13.3. The van der Waals surface area contributed by atoms with Gasteiger partial charge >= 0.3 is 0 Å². The quantitative estimate of drug-likeness (QED) is 0.827. The number of thiocarbonyl (C=S) groups is 1. The molecule has 18 heavy (non-hydrogen) atoms. The summed E-state index contributed by atoms with van der Waals surface area (Å²) in [5.74, 6) is 2.19. The van der Waals surface area contributed by atoms with Crippen LogP contribution in [-0.4, -0.2) is 28.0 Å². The lowest BCUT2D eigenvalue weighted by Crippen LogP contribution is -2.39. The van der Waals surface area contributed by atoms with Gasteiger partial charge in [0.2, 0.25) is 5.95 Å². The number of nitrogens with zero attached hydrogens (tertiary/aromatic N) is 3. The summed E-state index contributed by atoms with van der Waals surface area (Å²) in [6, 6.07) is 1.84. The number of aryl methyl sites for hydroxylation is 1. The summed E-state index contributed by atoms with van der Waals surface area (Å²) >= 11 is 4.99. The van der Waals surface area contributed by atoms with Crippen molar-refractivity contribution in [3.63, 3.8) is 0 Å². The molecule has 98 valence electrons. The molecule has 5 heteroatoms. The Hall–Kier alpha value is -1.23. The number of hydrogen-bond acceptors (Lipinski definition) is 4. The first-order valence-electron chi connectivity index (χ1n) is 6.38. The van der Waals surface area contributed by atoms with Gasteiger partial charge in [0.15, 0.2) is 0 Å². The highest BCUT2D eigenvalue weighted by molar-refractivity contribution is 7.80. The molecule has 1 aliphatic heterocycles. The zero-order valence-corrected chi connectivity index (χ0v) is 12.0. The van der Waals surface area contributed by atoms with Gasteiger partial charge in [-0.25, -0.2) is 9.97 Å². The van der Waals surface area contributed by atoms with E-state index in [4.69, 9.17) is 18.0 Å². The number of anilines is 1. The molecule has 2 N–H and O–H groups in total. The molecule has 2 atom stereocenters. The van der Waals surface area contributed by atoms with E-state index in [0.29, 0.717) is 16.6 Å². The third-order valence-corrected chi connectivity index (χ3v) is 3.92. The monoisotopic (exact) mass is 264 g/mol. The molecule has 1 aromatic heterocycles. The van der Waals surface area contributed by atoms with Gasteiger partial charge in [-0.05, 0) is 31.2 Å². The number of nitrogens with two attached hydrogens (primary N) is 1. The molecule has 0 aliphatic carbocycles. The molecule has 1 saturated heterocycles. The van der Waals surface area contributed by atoms with Gasteiger partial charge in [-0.15, -0.1) is 0 Å². The third kappa shape index (κ3) is 2.77. The van der Waals surface area contributed by atoms with Crippen LogP contribution >= 0.6 is 12.2 Å². The molecule has 1 fully saturated rings. The van der Waals surface area contributed by atoms with Gasteiger partial charge in [-0.2, -0.15) is 0 Å². The number of rotatable bonds is 2. The second-order valence-corrected chi connectivity index (χ2v) is 5.69. The maximum atomic E-state index is 5.65. The van der Waals surface area contributed by atoms with Crippen molar-refractivity contribution in [2.45, 2.75) is 27.2 Å². The lowest BCUT2D eigenvalue weighted by molar-refractivity contribution is 0.321. The molecule has 1 aliphatic rings. The average Bonchev–Trinajstić information content (AvgIpc) is 2.31. The minimum atomic E-state index is 0.333. The Bertz CT molecular complexity index is 460. The highest BCUT2D eigenvalue weighted by atomic mass is 32.1. The van der Waals surface area contributed by atoms with Crippen LogP contribution in [0.3, 0.4) is 0 Å². The fourth-order valence-electron chi connectivity index (χ4n) is 2.27. The molecule has 2 rings (SSSR count). The van der Waals surface area contributed by atoms with E-state index in [2.05, 4.69) is 28.7 Å². The predicted octanol–water partition coefficient (Wildman–Crippen LogP) is 1.90. The van der Waals surface area contributed by atoms with E-state index in [9.17, 15) is 0 Å². The standard InChI is InChI=1S/C13H20N4S/c1-8-4-5-17(7-9(8)2)13-15-10(3)6-11(16-13)12(14)18/h6,8-9H,4-5,7H2,1-3H3,(H2,14,18). The molecular formula is C13H20N4S. The van der Waals surface area contributed by atoms with Crippen LogP contribution in [0.1, 0.15) is 31.7 Å². The van der Waals surface area contributed by atoms with Crippen molar-refractivity contribution >= 4 is 23.2 Å². The van der Waals surface area contributed by atoms with Crippen LogP contribution in [0, 0.1) is 18.8 Å². The van der Waals surface area contributed by atoms with Crippen molar-refractivity contribution in [3.8, 4) is 0 Å². The van der Waals surface area contributed by atoms with Crippen molar-refractivity contribution in [1.29, 1.82) is 0 Å². The largest absolute Gasteiger partial charge is 0.388 e. The summed E-state index contributed by atoms with van der Waals surface area (Å²) in [7, 11) is 0. The molecule has 1 aromatic rings. The maximum Gasteiger partial charge on any atom is 0.226 e. The highest BCUT2D eigenvalue weighted by Crippen LogP contribution is 2.25. The fraction of sp³-hybridized carbons (Fsp3) is 0.615. The van der Waals surface area contributed by atoms with Crippen LogP contribution in [0.15, 0.2) is 6.07 Å². The smallest absolute Gasteiger partial charge is 0.226 e. The van der Waals surface area contributed by atoms with Gasteiger partial charge in [0.1, 0.15) is 10.7 Å². The molecule has 2 heterocycles. The number of piperidine rings is 1. The average molecular weight is 264 g/mol. The van der Waals surface area contributed by atoms with Crippen LogP contribution in [0.5, 0.6) is 0 Å². The van der Waals surface area contributed by atoms with Crippen molar-refractivity contribution < 1.29 is 0 Å². The first-order chi connectivity index (χ1) is 8.47. The summed E-state index contributed by atoms with van der Waals surface area (Å²) < 4.78 is 0.